The first-order valence-corrected chi connectivity index (χ1v) is 6.49. The third-order valence-corrected chi connectivity index (χ3v) is 3.45. The highest BCUT2D eigenvalue weighted by Crippen LogP contribution is 2.22. The predicted octanol–water partition coefficient (Wildman–Crippen LogP) is 1.98. The van der Waals surface area contributed by atoms with Crippen molar-refractivity contribution in [3.63, 3.8) is 0 Å². The molecule has 0 bridgehead atoms. The third-order valence-electron chi connectivity index (χ3n) is 3.20. The van der Waals surface area contributed by atoms with Crippen molar-refractivity contribution in [1.29, 1.82) is 0 Å². The second kappa shape index (κ2) is 6.07. The van der Waals surface area contributed by atoms with Gasteiger partial charge in [-0.05, 0) is 30.7 Å². The third kappa shape index (κ3) is 3.37. The van der Waals surface area contributed by atoms with Crippen LogP contribution < -0.4 is 10.2 Å². The van der Waals surface area contributed by atoms with E-state index in [0.717, 1.165) is 30.3 Å². The molecule has 1 heterocycles. The lowest BCUT2D eigenvalue weighted by Crippen LogP contribution is -2.51. The number of nitrogens with one attached hydrogen (secondary N) is 1. The minimum atomic E-state index is -0.739. The second-order valence-electron chi connectivity index (χ2n) is 4.46. The van der Waals surface area contributed by atoms with Crippen molar-refractivity contribution in [3.8, 4) is 0 Å². The van der Waals surface area contributed by atoms with Crippen molar-refractivity contribution in [3.05, 3.63) is 29.3 Å². The Kier molecular flexibility index (Phi) is 4.44. The van der Waals surface area contributed by atoms with Gasteiger partial charge in [0.25, 0.3) is 0 Å². The summed E-state index contributed by atoms with van der Waals surface area (Å²) in [6.07, 6.45) is 0.862. The van der Waals surface area contributed by atoms with Gasteiger partial charge in [0.15, 0.2) is 0 Å². The van der Waals surface area contributed by atoms with E-state index in [4.69, 9.17) is 16.7 Å². The molecule has 18 heavy (non-hydrogen) atoms. The zero-order valence-electron chi connectivity index (χ0n) is 10.1. The van der Waals surface area contributed by atoms with Gasteiger partial charge in [0, 0.05) is 42.8 Å². The van der Waals surface area contributed by atoms with Crippen molar-refractivity contribution in [2.24, 2.45) is 0 Å². The van der Waals surface area contributed by atoms with E-state index in [-0.39, 0.29) is 12.5 Å². The highest BCUT2D eigenvalue weighted by Gasteiger charge is 2.22. The first kappa shape index (κ1) is 13.2. The number of halogens is 1. The van der Waals surface area contributed by atoms with Crippen molar-refractivity contribution in [2.45, 2.75) is 18.9 Å². The molecule has 0 aromatic heterocycles. The number of benzene rings is 1. The largest absolute Gasteiger partial charge is 0.481 e. The van der Waals surface area contributed by atoms with Crippen LogP contribution in [0, 0.1) is 0 Å². The normalized spacial score (nSPS) is 19.8. The number of carboxylic acid groups (broad SMARTS) is 1. The average Bonchev–Trinajstić information content (AvgIpc) is 2.38. The Morgan fingerprint density at radius 2 is 2.17 bits per heavy atom. The highest BCUT2D eigenvalue weighted by molar-refractivity contribution is 6.30. The first-order chi connectivity index (χ1) is 8.66. The minimum absolute atomic E-state index is 0.205. The van der Waals surface area contributed by atoms with Gasteiger partial charge in [0.05, 0.1) is 0 Å². The molecule has 1 fully saturated rings. The zero-order chi connectivity index (χ0) is 13.0. The van der Waals surface area contributed by atoms with Crippen molar-refractivity contribution in [1.82, 2.24) is 5.32 Å². The Morgan fingerprint density at radius 3 is 2.83 bits per heavy atom. The van der Waals surface area contributed by atoms with Gasteiger partial charge >= 0.3 is 5.97 Å². The van der Waals surface area contributed by atoms with Gasteiger partial charge in [-0.1, -0.05) is 11.6 Å². The van der Waals surface area contributed by atoms with E-state index in [2.05, 4.69) is 10.2 Å². The molecule has 0 saturated carbocycles. The fourth-order valence-corrected chi connectivity index (χ4v) is 2.41. The first-order valence-electron chi connectivity index (χ1n) is 6.11. The van der Waals surface area contributed by atoms with Gasteiger partial charge in [0.2, 0.25) is 0 Å². The Hall–Kier alpha value is -1.26. The Morgan fingerprint density at radius 1 is 1.44 bits per heavy atom. The summed E-state index contributed by atoms with van der Waals surface area (Å²) in [7, 11) is 0. The number of piperazine rings is 1. The fraction of sp³-hybridized carbons (Fsp3) is 0.462. The van der Waals surface area contributed by atoms with Gasteiger partial charge in [0.1, 0.15) is 0 Å². The van der Waals surface area contributed by atoms with Crippen LogP contribution in [-0.2, 0) is 4.79 Å². The maximum absolute atomic E-state index is 10.7. The summed E-state index contributed by atoms with van der Waals surface area (Å²) in [6.45, 7) is 2.65. The van der Waals surface area contributed by atoms with E-state index < -0.39 is 5.97 Å². The lowest BCUT2D eigenvalue weighted by molar-refractivity contribution is -0.137. The van der Waals surface area contributed by atoms with E-state index >= 15 is 0 Å². The number of hydrogen-bond donors (Lipinski definition) is 2. The number of carbonyl (C=O) groups is 1. The summed E-state index contributed by atoms with van der Waals surface area (Å²) in [6, 6.07) is 7.94. The summed E-state index contributed by atoms with van der Waals surface area (Å²) >= 11 is 5.88. The molecule has 2 rings (SSSR count). The van der Waals surface area contributed by atoms with E-state index in [1.165, 1.54) is 0 Å². The minimum Gasteiger partial charge on any atom is -0.481 e. The Labute approximate surface area is 112 Å². The number of carboxylic acids is 1. The second-order valence-corrected chi connectivity index (χ2v) is 4.90. The summed E-state index contributed by atoms with van der Waals surface area (Å²) in [5.41, 5.74) is 1.11. The number of nitrogens with zero attached hydrogens (tertiary/aromatic N) is 1. The van der Waals surface area contributed by atoms with Crippen LogP contribution in [0.15, 0.2) is 24.3 Å². The molecule has 1 aromatic rings. The molecule has 1 saturated heterocycles. The molecular weight excluding hydrogens is 252 g/mol. The van der Waals surface area contributed by atoms with Crippen LogP contribution in [0.25, 0.3) is 0 Å². The van der Waals surface area contributed by atoms with Crippen molar-refractivity contribution < 1.29 is 9.90 Å². The number of rotatable bonds is 4. The van der Waals surface area contributed by atoms with Gasteiger partial charge in [-0.3, -0.25) is 4.79 Å². The molecule has 0 spiro atoms. The molecule has 5 heteroatoms. The number of anilines is 1. The molecule has 1 aliphatic heterocycles. The summed E-state index contributed by atoms with van der Waals surface area (Å²) in [4.78, 5) is 12.9. The lowest BCUT2D eigenvalue weighted by atomic mass is 10.1. The molecule has 0 aliphatic carbocycles. The van der Waals surface area contributed by atoms with E-state index in [0.29, 0.717) is 6.42 Å². The molecule has 0 radical (unpaired) electrons. The fourth-order valence-electron chi connectivity index (χ4n) is 2.28. The molecular formula is C13H17ClN2O2. The SMILES string of the molecule is O=C(O)CCC1CNCCN1c1ccc(Cl)cc1. The van der Waals surface area contributed by atoms with E-state index in [1.807, 2.05) is 24.3 Å². The molecule has 1 unspecified atom stereocenters. The average molecular weight is 269 g/mol. The topological polar surface area (TPSA) is 52.6 Å². The molecule has 4 nitrogen and oxygen atoms in total. The Bertz CT molecular complexity index is 408. The summed E-state index contributed by atoms with van der Waals surface area (Å²) < 4.78 is 0. The van der Waals surface area contributed by atoms with Gasteiger partial charge in [-0.2, -0.15) is 0 Å². The van der Waals surface area contributed by atoms with Crippen LogP contribution in [-0.4, -0.2) is 36.8 Å². The lowest BCUT2D eigenvalue weighted by Gasteiger charge is -2.38. The number of hydrogen-bond acceptors (Lipinski definition) is 3. The van der Waals surface area contributed by atoms with Gasteiger partial charge in [-0.25, -0.2) is 0 Å². The van der Waals surface area contributed by atoms with E-state index in [9.17, 15) is 4.79 Å². The van der Waals surface area contributed by atoms with Crippen LogP contribution in [0.3, 0.4) is 0 Å². The van der Waals surface area contributed by atoms with Crippen molar-refractivity contribution >= 4 is 23.3 Å². The molecule has 2 N–H and O–H groups in total. The zero-order valence-corrected chi connectivity index (χ0v) is 10.9. The van der Waals surface area contributed by atoms with Crippen LogP contribution in [0.2, 0.25) is 5.02 Å². The molecule has 0 amide bonds. The van der Waals surface area contributed by atoms with Crippen molar-refractivity contribution in [2.75, 3.05) is 24.5 Å². The van der Waals surface area contributed by atoms with Crippen LogP contribution in [0.4, 0.5) is 5.69 Å². The standard InChI is InChI=1S/C13H17ClN2O2/c14-10-1-3-11(4-2-10)16-8-7-15-9-12(16)5-6-13(17)18/h1-4,12,15H,5-9H2,(H,17,18). The van der Waals surface area contributed by atoms with Gasteiger partial charge in [-0.15, -0.1) is 0 Å². The predicted molar refractivity (Wildman–Crippen MR) is 72.3 cm³/mol. The number of aliphatic carboxylic acids is 1. The van der Waals surface area contributed by atoms with Gasteiger partial charge < -0.3 is 15.3 Å². The van der Waals surface area contributed by atoms with Crippen LogP contribution >= 0.6 is 11.6 Å². The van der Waals surface area contributed by atoms with E-state index in [1.54, 1.807) is 0 Å². The highest BCUT2D eigenvalue weighted by atomic mass is 35.5. The maximum atomic E-state index is 10.7. The maximum Gasteiger partial charge on any atom is 0.303 e. The quantitative estimate of drug-likeness (QED) is 0.877. The smallest absolute Gasteiger partial charge is 0.303 e. The Balaban J connectivity index is 2.07. The molecule has 98 valence electrons. The van der Waals surface area contributed by atoms with Crippen LogP contribution in [0.5, 0.6) is 0 Å². The summed E-state index contributed by atoms with van der Waals surface area (Å²) in [5, 5.41) is 12.8. The molecule has 1 aromatic carbocycles. The van der Waals surface area contributed by atoms with Crippen LogP contribution in [0.1, 0.15) is 12.8 Å². The molecule has 1 atom stereocenters. The summed E-state index contributed by atoms with van der Waals surface area (Å²) in [5.74, 6) is -0.739. The monoisotopic (exact) mass is 268 g/mol. The molecule has 1 aliphatic rings.